The highest BCUT2D eigenvalue weighted by Crippen LogP contribution is 2.54. The lowest BCUT2D eigenvalue weighted by atomic mass is 9.77. The molecule has 2 heterocycles. The molecular weight excluding hydrogens is 993 g/mol. The normalized spacial score (nSPS) is 15.5. The highest BCUT2D eigenvalue weighted by Gasteiger charge is 2.43. The molecule has 0 radical (unpaired) electrons. The van der Waals surface area contributed by atoms with Gasteiger partial charge in [-0.25, -0.2) is 0 Å². The van der Waals surface area contributed by atoms with E-state index in [1.165, 1.54) is 24.3 Å². The van der Waals surface area contributed by atoms with Crippen LogP contribution in [0.25, 0.3) is 65.3 Å². The van der Waals surface area contributed by atoms with Crippen molar-refractivity contribution in [1.29, 1.82) is 0 Å². The lowest BCUT2D eigenvalue weighted by Gasteiger charge is -2.33. The van der Waals surface area contributed by atoms with Gasteiger partial charge < -0.3 is 0 Å². The van der Waals surface area contributed by atoms with E-state index in [9.17, 15) is 71.9 Å². The highest BCUT2D eigenvalue weighted by atomic mass is 19.4. The number of unbranched alkanes of at least 4 members (excludes halogenated alkanes) is 2. The van der Waals surface area contributed by atoms with E-state index in [4.69, 9.17) is 0 Å². The third-order valence-electron chi connectivity index (χ3n) is 14.8. The predicted octanol–water partition coefficient (Wildman–Crippen LogP) is 16.8. The van der Waals surface area contributed by atoms with Gasteiger partial charge in [-0.2, -0.15) is 52.7 Å². The molecule has 0 saturated heterocycles. The van der Waals surface area contributed by atoms with E-state index in [0.717, 1.165) is 47.6 Å². The number of benzene rings is 7. The van der Waals surface area contributed by atoms with Crippen molar-refractivity contribution in [3.8, 4) is 22.3 Å². The monoisotopic (exact) mass is 1040 g/mol. The van der Waals surface area contributed by atoms with E-state index >= 15 is 0 Å². The summed E-state index contributed by atoms with van der Waals surface area (Å²) in [4.78, 5) is 61.2. The first kappa shape index (κ1) is 52.2. The Morgan fingerprint density at radius 2 is 0.689 bits per heavy atom. The zero-order valence-electron chi connectivity index (χ0n) is 40.2. The van der Waals surface area contributed by atoms with Gasteiger partial charge in [0.2, 0.25) is 0 Å². The molecule has 388 valence electrons. The van der Waals surface area contributed by atoms with Gasteiger partial charge in [-0.05, 0) is 140 Å². The van der Waals surface area contributed by atoms with Gasteiger partial charge in [0.15, 0.2) is 0 Å². The average Bonchev–Trinajstić information content (AvgIpc) is 3.34. The van der Waals surface area contributed by atoms with Crippen LogP contribution in [0.1, 0.15) is 143 Å². The molecule has 0 N–H and O–H groups in total. The summed E-state index contributed by atoms with van der Waals surface area (Å²) >= 11 is 0. The number of halogens is 12. The lowest BCUT2D eigenvalue weighted by molar-refractivity contribution is -0.144. The van der Waals surface area contributed by atoms with Gasteiger partial charge in [-0.1, -0.05) is 78.4 Å². The Morgan fingerprint density at radius 1 is 0.378 bits per heavy atom. The first-order valence-corrected chi connectivity index (χ1v) is 24.3. The van der Waals surface area contributed by atoms with Crippen LogP contribution in [0.3, 0.4) is 0 Å². The number of alkyl halides is 12. The van der Waals surface area contributed by atoms with E-state index in [0.29, 0.717) is 49.9 Å². The molecule has 0 spiro atoms. The minimum Gasteiger partial charge on any atom is -0.274 e. The average molecular weight is 1040 g/mol. The van der Waals surface area contributed by atoms with Crippen molar-refractivity contribution in [2.24, 2.45) is 11.8 Å². The number of fused-ring (bicyclic) bond motifs is 2. The van der Waals surface area contributed by atoms with Crippen LogP contribution in [-0.2, 0) is 24.7 Å². The van der Waals surface area contributed by atoms with E-state index in [1.807, 2.05) is 27.7 Å². The smallest absolute Gasteiger partial charge is 0.274 e. The summed E-state index contributed by atoms with van der Waals surface area (Å²) in [5.74, 6) is -3.94. The number of imide groups is 2. The van der Waals surface area contributed by atoms with Crippen LogP contribution >= 0.6 is 0 Å². The van der Waals surface area contributed by atoms with Crippen LogP contribution in [0.5, 0.6) is 0 Å². The summed E-state index contributed by atoms with van der Waals surface area (Å²) in [5, 5.41) is -1.11. The van der Waals surface area contributed by atoms with Gasteiger partial charge in [0.1, 0.15) is 0 Å². The van der Waals surface area contributed by atoms with Crippen molar-refractivity contribution in [3.63, 3.8) is 0 Å². The molecule has 7 aromatic carbocycles. The second-order valence-electron chi connectivity index (χ2n) is 19.4. The molecule has 9 rings (SSSR count). The number of rotatable bonds is 14. The fraction of sp³-hybridized carbons (Fsp3) is 0.357. The van der Waals surface area contributed by atoms with Gasteiger partial charge in [-0.3, -0.25) is 29.0 Å². The van der Waals surface area contributed by atoms with E-state index in [2.05, 4.69) is 0 Å². The minimum absolute atomic E-state index is 0.0815. The second-order valence-corrected chi connectivity index (χ2v) is 19.4. The number of carbonyl (C=O) groups excluding carboxylic acids is 4. The first-order chi connectivity index (χ1) is 34.7. The second kappa shape index (κ2) is 18.6. The molecule has 0 bridgehead atoms. The van der Waals surface area contributed by atoms with E-state index in [-0.39, 0.29) is 102 Å². The molecule has 0 saturated carbocycles. The third kappa shape index (κ3) is 8.78. The molecule has 4 amide bonds. The largest absolute Gasteiger partial charge is 0.416 e. The van der Waals surface area contributed by atoms with Crippen molar-refractivity contribution in [3.05, 3.63) is 117 Å². The summed E-state index contributed by atoms with van der Waals surface area (Å²) in [6.07, 6.45) is -16.2. The molecule has 2 atom stereocenters. The summed E-state index contributed by atoms with van der Waals surface area (Å²) in [5.41, 5.74) is -9.97. The molecule has 7 aromatic rings. The van der Waals surface area contributed by atoms with Crippen LogP contribution in [0, 0.1) is 11.8 Å². The number of carbonyl (C=O) groups is 4. The Bertz CT molecular complexity index is 3170. The molecule has 0 aromatic heterocycles. The fourth-order valence-corrected chi connectivity index (χ4v) is 10.9. The quantitative estimate of drug-likeness (QED) is 0.0471. The van der Waals surface area contributed by atoms with E-state index < -0.39 is 92.8 Å². The van der Waals surface area contributed by atoms with Crippen molar-refractivity contribution in [2.45, 2.75) is 104 Å². The summed E-state index contributed by atoms with van der Waals surface area (Å²) < 4.78 is 176. The zero-order valence-corrected chi connectivity index (χ0v) is 40.2. The molecule has 74 heavy (non-hydrogen) atoms. The number of nitrogens with zero attached hydrogens (tertiary/aromatic N) is 2. The topological polar surface area (TPSA) is 74.8 Å². The van der Waals surface area contributed by atoms with Crippen molar-refractivity contribution < 1.29 is 71.9 Å². The number of hydrogen-bond acceptors (Lipinski definition) is 4. The third-order valence-corrected chi connectivity index (χ3v) is 14.8. The predicted molar refractivity (Wildman–Crippen MR) is 256 cm³/mol. The Labute approximate surface area is 415 Å². The molecule has 6 nitrogen and oxygen atoms in total. The summed E-state index contributed by atoms with van der Waals surface area (Å²) in [6, 6.07) is 9.04. The van der Waals surface area contributed by atoms with E-state index in [1.54, 1.807) is 0 Å². The van der Waals surface area contributed by atoms with Gasteiger partial charge in [-0.15, -0.1) is 0 Å². The Kier molecular flexibility index (Phi) is 13.1. The van der Waals surface area contributed by atoms with Crippen LogP contribution in [0.2, 0.25) is 0 Å². The van der Waals surface area contributed by atoms with Crippen molar-refractivity contribution in [1.82, 2.24) is 9.80 Å². The zero-order chi connectivity index (χ0) is 53.7. The van der Waals surface area contributed by atoms with Gasteiger partial charge in [0, 0.05) is 46.1 Å². The SMILES string of the molecule is CCCCC(CC)CN1C(=O)c2ccc3c4c(-c5cc(C(F)(F)F)cc(C(F)(F)F)c5)cc5c6c(ccc(c7c(-c8cc(C(F)(F)F)cc(C(F)(F)F)c8)cc(c2c37)C1=O)c64)C(=O)N(CC(CC)CCCC)C5=O. The molecule has 0 fully saturated rings. The highest BCUT2D eigenvalue weighted by molar-refractivity contribution is 6.44. The van der Waals surface area contributed by atoms with Crippen LogP contribution < -0.4 is 0 Å². The summed E-state index contributed by atoms with van der Waals surface area (Å²) in [6.45, 7) is 7.37. The minimum atomic E-state index is -5.36. The number of hydrogen-bond donors (Lipinski definition) is 0. The van der Waals surface area contributed by atoms with Crippen molar-refractivity contribution >= 4 is 66.7 Å². The van der Waals surface area contributed by atoms with Crippen LogP contribution in [0.4, 0.5) is 52.7 Å². The molecule has 2 unspecified atom stereocenters. The lowest BCUT2D eigenvalue weighted by Crippen LogP contribution is -2.43. The Balaban J connectivity index is 1.49. The van der Waals surface area contributed by atoms with Gasteiger partial charge in [0.05, 0.1) is 22.3 Å². The Morgan fingerprint density at radius 3 is 0.973 bits per heavy atom. The Hall–Kier alpha value is -6.72. The maximum absolute atomic E-state index is 14.9. The maximum Gasteiger partial charge on any atom is 0.416 e. The number of amides is 4. The van der Waals surface area contributed by atoms with Crippen LogP contribution in [0.15, 0.2) is 72.8 Å². The first-order valence-electron chi connectivity index (χ1n) is 24.3. The molecule has 2 aliphatic rings. The molecule has 2 aliphatic heterocycles. The summed E-state index contributed by atoms with van der Waals surface area (Å²) in [7, 11) is 0. The van der Waals surface area contributed by atoms with Crippen LogP contribution in [-0.4, -0.2) is 46.5 Å². The maximum atomic E-state index is 14.9. The van der Waals surface area contributed by atoms with Gasteiger partial charge in [0.25, 0.3) is 23.6 Å². The fourth-order valence-electron chi connectivity index (χ4n) is 10.9. The molecular formula is C56H46F12N2O4. The molecule has 18 heteroatoms. The standard InChI is InChI=1S/C56H46F12N2O4/c1-5-9-11-27(7-3)25-69-49(71)37-15-13-35-44-40(30-19-33(55(63,64)65)22-34(20-30)56(66,67)68)24-42-46-38(50(72)70(52(42)74)26-28(8-4)12-10-6-2)16-14-36(48(44)46)43-39(23-41(51(69)73)45(37)47(35)43)29-17-31(53(57,58)59)21-32(18-29)54(60,61)62/h13-24,27-28H,5-12,25-26H2,1-4H3. The van der Waals surface area contributed by atoms with Gasteiger partial charge >= 0.3 is 24.7 Å². The molecule has 0 aliphatic carbocycles. The van der Waals surface area contributed by atoms with Crippen molar-refractivity contribution in [2.75, 3.05) is 13.1 Å².